The molecule has 1 atom stereocenters. The Morgan fingerprint density at radius 1 is 1.22 bits per heavy atom. The fourth-order valence-corrected chi connectivity index (χ4v) is 1.94. The zero-order valence-electron chi connectivity index (χ0n) is 10.6. The van der Waals surface area contributed by atoms with Crippen molar-refractivity contribution in [3.63, 3.8) is 0 Å². The molecule has 2 aromatic rings. The van der Waals surface area contributed by atoms with E-state index in [9.17, 15) is 8.78 Å². The highest BCUT2D eigenvalue weighted by Crippen LogP contribution is 2.28. The van der Waals surface area contributed by atoms with Gasteiger partial charge in [0, 0.05) is 5.56 Å². The fourth-order valence-electron chi connectivity index (χ4n) is 1.94. The average Bonchev–Trinajstić information content (AvgIpc) is 2.66. The summed E-state index contributed by atoms with van der Waals surface area (Å²) in [4.78, 5) is 0. The van der Waals surface area contributed by atoms with Crippen molar-refractivity contribution in [3.05, 3.63) is 58.5 Å². The maximum atomic E-state index is 13.8. The predicted molar refractivity (Wildman–Crippen MR) is 65.4 cm³/mol. The summed E-state index contributed by atoms with van der Waals surface area (Å²) in [6.45, 7) is 3.75. The maximum Gasteiger partial charge on any atom is 0.164 e. The van der Waals surface area contributed by atoms with Gasteiger partial charge in [0.05, 0.1) is 6.04 Å². The molecule has 0 fully saturated rings. The van der Waals surface area contributed by atoms with E-state index >= 15 is 0 Å². The van der Waals surface area contributed by atoms with E-state index in [1.165, 1.54) is 6.07 Å². The second kappa shape index (κ2) is 4.90. The first-order valence-electron chi connectivity index (χ1n) is 5.72. The van der Waals surface area contributed by atoms with Gasteiger partial charge in [-0.15, -0.1) is 0 Å². The number of hydrogen-bond donors (Lipinski definition) is 1. The summed E-state index contributed by atoms with van der Waals surface area (Å²) in [5.41, 5.74) is 1.23. The van der Waals surface area contributed by atoms with Crippen molar-refractivity contribution in [2.75, 3.05) is 7.05 Å². The minimum absolute atomic E-state index is 0.242. The van der Waals surface area contributed by atoms with E-state index in [-0.39, 0.29) is 5.56 Å². The van der Waals surface area contributed by atoms with Gasteiger partial charge in [-0.05, 0) is 38.6 Å². The lowest BCUT2D eigenvalue weighted by atomic mass is 10.0. The number of aryl methyl sites for hydroxylation is 2. The Hall–Kier alpha value is -1.68. The monoisotopic (exact) mass is 251 g/mol. The van der Waals surface area contributed by atoms with Crippen molar-refractivity contribution < 1.29 is 13.2 Å². The molecule has 1 unspecified atom stereocenters. The highest BCUT2D eigenvalue weighted by molar-refractivity contribution is 5.31. The fraction of sp³-hybridized carbons (Fsp3) is 0.286. The first kappa shape index (κ1) is 12.8. The molecule has 18 heavy (non-hydrogen) atoms. The first-order chi connectivity index (χ1) is 8.54. The van der Waals surface area contributed by atoms with Crippen LogP contribution >= 0.6 is 0 Å². The molecule has 0 amide bonds. The van der Waals surface area contributed by atoms with Crippen molar-refractivity contribution in [1.82, 2.24) is 5.32 Å². The van der Waals surface area contributed by atoms with Gasteiger partial charge in [0.2, 0.25) is 0 Å². The Labute approximate surface area is 105 Å². The summed E-state index contributed by atoms with van der Waals surface area (Å²) in [6, 6.07) is 5.48. The normalized spacial score (nSPS) is 12.7. The minimum Gasteiger partial charge on any atom is -0.464 e. The summed E-state index contributed by atoms with van der Waals surface area (Å²) in [5, 5.41) is 2.94. The number of halogens is 2. The quantitative estimate of drug-likeness (QED) is 0.903. The molecule has 0 aliphatic heterocycles. The van der Waals surface area contributed by atoms with E-state index in [0.717, 1.165) is 17.4 Å². The van der Waals surface area contributed by atoms with Crippen LogP contribution in [0.15, 0.2) is 28.7 Å². The standard InChI is InChI=1S/C14H15F2NO/c1-8-7-12(18-9(8)2)14(17-3)10-5-4-6-11(15)13(10)16/h4-7,14,17H,1-3H3. The molecule has 1 aromatic carbocycles. The first-order valence-corrected chi connectivity index (χ1v) is 5.72. The molecule has 96 valence electrons. The van der Waals surface area contributed by atoms with Gasteiger partial charge in [0.25, 0.3) is 0 Å². The number of hydrogen-bond acceptors (Lipinski definition) is 2. The maximum absolute atomic E-state index is 13.8. The molecule has 0 spiro atoms. The lowest BCUT2D eigenvalue weighted by molar-refractivity contribution is 0.426. The van der Waals surface area contributed by atoms with Gasteiger partial charge in [-0.2, -0.15) is 0 Å². The average molecular weight is 251 g/mol. The molecular formula is C14H15F2NO. The Bertz CT molecular complexity index is 543. The molecule has 0 bridgehead atoms. The molecule has 4 heteroatoms. The van der Waals surface area contributed by atoms with Gasteiger partial charge in [0.1, 0.15) is 11.5 Å². The van der Waals surface area contributed by atoms with E-state index in [4.69, 9.17) is 4.42 Å². The van der Waals surface area contributed by atoms with Crippen LogP contribution in [0.25, 0.3) is 0 Å². The smallest absolute Gasteiger partial charge is 0.164 e. The summed E-state index contributed by atoms with van der Waals surface area (Å²) >= 11 is 0. The number of benzene rings is 1. The van der Waals surface area contributed by atoms with Crippen LogP contribution in [0.4, 0.5) is 8.78 Å². The van der Waals surface area contributed by atoms with Gasteiger partial charge in [0.15, 0.2) is 11.6 Å². The van der Waals surface area contributed by atoms with Crippen molar-refractivity contribution in [2.45, 2.75) is 19.9 Å². The van der Waals surface area contributed by atoms with Gasteiger partial charge < -0.3 is 9.73 Å². The van der Waals surface area contributed by atoms with E-state index < -0.39 is 17.7 Å². The van der Waals surface area contributed by atoms with Crippen LogP contribution in [0.3, 0.4) is 0 Å². The van der Waals surface area contributed by atoms with Crippen LogP contribution in [-0.2, 0) is 0 Å². The summed E-state index contributed by atoms with van der Waals surface area (Å²) in [7, 11) is 1.68. The van der Waals surface area contributed by atoms with Crippen LogP contribution in [0.5, 0.6) is 0 Å². The molecule has 2 nitrogen and oxygen atoms in total. The Balaban J connectivity index is 2.48. The largest absolute Gasteiger partial charge is 0.464 e. The van der Waals surface area contributed by atoms with Gasteiger partial charge in [-0.3, -0.25) is 0 Å². The molecule has 0 radical (unpaired) electrons. The highest BCUT2D eigenvalue weighted by Gasteiger charge is 2.21. The number of rotatable bonds is 3. The second-order valence-corrected chi connectivity index (χ2v) is 4.25. The minimum atomic E-state index is -0.854. The summed E-state index contributed by atoms with van der Waals surface area (Å²) in [6.07, 6.45) is 0. The molecule has 0 aliphatic carbocycles. The Kier molecular flexibility index (Phi) is 3.48. The van der Waals surface area contributed by atoms with Crippen LogP contribution in [0.1, 0.15) is 28.7 Å². The van der Waals surface area contributed by atoms with E-state index in [1.807, 2.05) is 19.9 Å². The molecule has 1 heterocycles. The SMILES string of the molecule is CNC(c1cc(C)c(C)o1)c1cccc(F)c1F. The number of furan rings is 1. The topological polar surface area (TPSA) is 25.2 Å². The molecule has 0 saturated carbocycles. The molecule has 0 saturated heterocycles. The third kappa shape index (κ3) is 2.16. The zero-order chi connectivity index (χ0) is 13.3. The number of nitrogens with one attached hydrogen (secondary N) is 1. The predicted octanol–water partition coefficient (Wildman–Crippen LogP) is 3.48. The van der Waals surface area contributed by atoms with Gasteiger partial charge in [-0.1, -0.05) is 12.1 Å². The molecule has 0 aliphatic rings. The van der Waals surface area contributed by atoms with E-state index in [1.54, 1.807) is 13.1 Å². The Morgan fingerprint density at radius 2 is 1.94 bits per heavy atom. The lowest BCUT2D eigenvalue weighted by Gasteiger charge is -2.15. The van der Waals surface area contributed by atoms with Crippen LogP contribution in [0, 0.1) is 25.5 Å². The van der Waals surface area contributed by atoms with Crippen molar-refractivity contribution in [3.8, 4) is 0 Å². The van der Waals surface area contributed by atoms with E-state index in [0.29, 0.717) is 5.76 Å². The van der Waals surface area contributed by atoms with Crippen LogP contribution < -0.4 is 5.32 Å². The van der Waals surface area contributed by atoms with Crippen LogP contribution in [0.2, 0.25) is 0 Å². The Morgan fingerprint density at radius 3 is 2.50 bits per heavy atom. The second-order valence-electron chi connectivity index (χ2n) is 4.25. The van der Waals surface area contributed by atoms with Gasteiger partial charge >= 0.3 is 0 Å². The highest BCUT2D eigenvalue weighted by atomic mass is 19.2. The third-order valence-corrected chi connectivity index (χ3v) is 3.05. The van der Waals surface area contributed by atoms with E-state index in [2.05, 4.69) is 5.32 Å². The lowest BCUT2D eigenvalue weighted by Crippen LogP contribution is -2.18. The van der Waals surface area contributed by atoms with Crippen LogP contribution in [-0.4, -0.2) is 7.05 Å². The molecule has 1 N–H and O–H groups in total. The molecule has 1 aromatic heterocycles. The summed E-state index contributed by atoms with van der Waals surface area (Å²) in [5.74, 6) is -0.338. The third-order valence-electron chi connectivity index (χ3n) is 3.05. The van der Waals surface area contributed by atoms with Gasteiger partial charge in [-0.25, -0.2) is 8.78 Å². The molecular weight excluding hydrogens is 236 g/mol. The van der Waals surface area contributed by atoms with Crippen molar-refractivity contribution >= 4 is 0 Å². The van der Waals surface area contributed by atoms with Crippen molar-refractivity contribution in [2.24, 2.45) is 0 Å². The summed E-state index contributed by atoms with van der Waals surface area (Å²) < 4.78 is 32.6. The molecule has 2 rings (SSSR count). The zero-order valence-corrected chi connectivity index (χ0v) is 10.6. The van der Waals surface area contributed by atoms with Crippen molar-refractivity contribution in [1.29, 1.82) is 0 Å².